The molecule has 0 radical (unpaired) electrons. The first kappa shape index (κ1) is 21.4. The van der Waals surface area contributed by atoms with Gasteiger partial charge in [0.15, 0.2) is 5.11 Å². The van der Waals surface area contributed by atoms with Gasteiger partial charge in [-0.3, -0.25) is 4.79 Å². The Labute approximate surface area is 188 Å². The van der Waals surface area contributed by atoms with Gasteiger partial charge in [-0.1, -0.05) is 49.6 Å². The number of nitrogens with one attached hydrogen (secondary N) is 2. The lowest BCUT2D eigenvalue weighted by atomic mass is 9.94. The molecule has 6 heteroatoms. The van der Waals surface area contributed by atoms with Crippen LogP contribution in [0.15, 0.2) is 53.3 Å². The van der Waals surface area contributed by atoms with E-state index in [1.807, 2.05) is 55.5 Å². The lowest BCUT2D eigenvalue weighted by molar-refractivity contribution is 0.240. The number of ether oxygens (including phenoxy) is 1. The number of hydrogen-bond acceptors (Lipinski definition) is 3. The molecular weight excluding hydrogens is 406 g/mol. The van der Waals surface area contributed by atoms with Crippen LogP contribution in [0.4, 0.5) is 5.69 Å². The Morgan fingerprint density at radius 3 is 2.71 bits per heavy atom. The highest BCUT2D eigenvalue weighted by molar-refractivity contribution is 7.80. The predicted molar refractivity (Wildman–Crippen MR) is 131 cm³/mol. The number of aromatic amines is 1. The van der Waals surface area contributed by atoms with Crippen molar-refractivity contribution in [3.05, 3.63) is 70.0 Å². The number of nitrogens with zero attached hydrogens (tertiary/aromatic N) is 1. The van der Waals surface area contributed by atoms with E-state index in [1.165, 1.54) is 19.3 Å². The number of thiocarbonyl (C=S) groups is 1. The Morgan fingerprint density at radius 1 is 1.16 bits per heavy atom. The van der Waals surface area contributed by atoms with Crippen molar-refractivity contribution in [2.24, 2.45) is 0 Å². The van der Waals surface area contributed by atoms with Crippen molar-refractivity contribution < 1.29 is 4.74 Å². The largest absolute Gasteiger partial charge is 0.495 e. The van der Waals surface area contributed by atoms with E-state index in [2.05, 4.69) is 15.2 Å². The van der Waals surface area contributed by atoms with Crippen molar-refractivity contribution in [1.29, 1.82) is 0 Å². The van der Waals surface area contributed by atoms with Gasteiger partial charge in [-0.25, -0.2) is 0 Å². The van der Waals surface area contributed by atoms with E-state index in [0.29, 0.717) is 17.7 Å². The highest BCUT2D eigenvalue weighted by Gasteiger charge is 2.25. The maximum absolute atomic E-state index is 12.9. The van der Waals surface area contributed by atoms with Gasteiger partial charge in [-0.15, -0.1) is 0 Å². The minimum Gasteiger partial charge on any atom is -0.495 e. The predicted octanol–water partition coefficient (Wildman–Crippen LogP) is 5.38. The number of pyridine rings is 1. The standard InChI is InChI=1S/C25H29N3O2S/c1-17-9-8-10-18-15-19(24(29)27-23(17)18)16-28(20-11-4-3-5-12-20)25(31)26-21-13-6-7-14-22(21)30-2/h6-10,13-15,20H,3-5,11-12,16H2,1-2H3,(H,26,31)(H,27,29). The third-order valence-corrected chi connectivity index (χ3v) is 6.47. The number of anilines is 1. The molecule has 0 unspecified atom stereocenters. The first-order valence-electron chi connectivity index (χ1n) is 10.9. The minimum atomic E-state index is -0.0531. The number of fused-ring (bicyclic) bond motifs is 1. The molecule has 2 N–H and O–H groups in total. The monoisotopic (exact) mass is 435 g/mol. The zero-order valence-corrected chi connectivity index (χ0v) is 18.9. The van der Waals surface area contributed by atoms with Gasteiger partial charge >= 0.3 is 0 Å². The molecule has 162 valence electrons. The van der Waals surface area contributed by atoms with Gasteiger partial charge < -0.3 is 19.9 Å². The molecule has 3 aromatic rings. The molecule has 0 aliphatic heterocycles. The Kier molecular flexibility index (Phi) is 6.56. The van der Waals surface area contributed by atoms with Crippen molar-refractivity contribution >= 4 is 33.9 Å². The second kappa shape index (κ2) is 9.52. The van der Waals surface area contributed by atoms with E-state index in [9.17, 15) is 4.79 Å². The molecule has 0 amide bonds. The highest BCUT2D eigenvalue weighted by atomic mass is 32.1. The molecule has 0 spiro atoms. The van der Waals surface area contributed by atoms with Crippen molar-refractivity contribution in [2.75, 3.05) is 12.4 Å². The summed E-state index contributed by atoms with van der Waals surface area (Å²) >= 11 is 5.85. The summed E-state index contributed by atoms with van der Waals surface area (Å²) in [5.41, 5.74) is 3.48. The van der Waals surface area contributed by atoms with Gasteiger partial charge in [0.05, 0.1) is 24.9 Å². The summed E-state index contributed by atoms with van der Waals surface area (Å²) in [5, 5.41) is 5.03. The molecule has 1 aliphatic carbocycles. The van der Waals surface area contributed by atoms with Crippen LogP contribution in [0.3, 0.4) is 0 Å². The van der Waals surface area contributed by atoms with E-state index < -0.39 is 0 Å². The van der Waals surface area contributed by atoms with E-state index in [4.69, 9.17) is 17.0 Å². The number of aryl methyl sites for hydroxylation is 1. The number of rotatable bonds is 5. The Morgan fingerprint density at radius 2 is 1.94 bits per heavy atom. The molecule has 5 nitrogen and oxygen atoms in total. The number of methoxy groups -OCH3 is 1. The summed E-state index contributed by atoms with van der Waals surface area (Å²) in [6.45, 7) is 2.49. The third kappa shape index (κ3) is 4.74. The molecule has 0 atom stereocenters. The van der Waals surface area contributed by atoms with Gasteiger partial charge in [-0.05, 0) is 61.1 Å². The lowest BCUT2D eigenvalue weighted by Crippen LogP contribution is -2.44. The van der Waals surface area contributed by atoms with Gasteiger partial charge in [0.25, 0.3) is 5.56 Å². The number of para-hydroxylation sites is 3. The number of benzene rings is 2. The highest BCUT2D eigenvalue weighted by Crippen LogP contribution is 2.28. The van der Waals surface area contributed by atoms with Crippen LogP contribution in [0.2, 0.25) is 0 Å². The molecule has 1 fully saturated rings. The van der Waals surface area contributed by atoms with Crippen LogP contribution in [-0.2, 0) is 6.54 Å². The number of H-pyrrole nitrogens is 1. The molecule has 1 heterocycles. The number of hydrogen-bond donors (Lipinski definition) is 2. The zero-order chi connectivity index (χ0) is 21.8. The van der Waals surface area contributed by atoms with Crippen LogP contribution in [0, 0.1) is 6.92 Å². The fourth-order valence-electron chi connectivity index (χ4n) is 4.42. The lowest BCUT2D eigenvalue weighted by Gasteiger charge is -2.36. The maximum atomic E-state index is 12.9. The van der Waals surface area contributed by atoms with Gasteiger partial charge in [-0.2, -0.15) is 0 Å². The number of aromatic nitrogens is 1. The van der Waals surface area contributed by atoms with Crippen LogP contribution in [-0.4, -0.2) is 28.1 Å². The van der Waals surface area contributed by atoms with Crippen LogP contribution < -0.4 is 15.6 Å². The van der Waals surface area contributed by atoms with Crippen LogP contribution in [0.25, 0.3) is 10.9 Å². The molecule has 0 bridgehead atoms. The minimum absolute atomic E-state index is 0.0531. The van der Waals surface area contributed by atoms with Gasteiger partial charge in [0.2, 0.25) is 0 Å². The Hall–Kier alpha value is -2.86. The van der Waals surface area contributed by atoms with Crippen molar-refractivity contribution in [2.45, 2.75) is 51.6 Å². The molecule has 2 aromatic carbocycles. The van der Waals surface area contributed by atoms with Gasteiger partial charge in [0.1, 0.15) is 5.75 Å². The smallest absolute Gasteiger partial charge is 0.253 e. The molecule has 31 heavy (non-hydrogen) atoms. The first-order chi connectivity index (χ1) is 15.1. The molecule has 0 saturated heterocycles. The normalized spacial score (nSPS) is 14.4. The fourth-order valence-corrected chi connectivity index (χ4v) is 4.75. The maximum Gasteiger partial charge on any atom is 0.253 e. The van der Waals surface area contributed by atoms with E-state index in [-0.39, 0.29) is 5.56 Å². The molecule has 1 aliphatic rings. The molecule has 1 aromatic heterocycles. The van der Waals surface area contributed by atoms with Crippen LogP contribution in [0.1, 0.15) is 43.2 Å². The summed E-state index contributed by atoms with van der Waals surface area (Å²) in [4.78, 5) is 18.2. The summed E-state index contributed by atoms with van der Waals surface area (Å²) < 4.78 is 5.47. The molecular formula is C25H29N3O2S. The molecule has 4 rings (SSSR count). The summed E-state index contributed by atoms with van der Waals surface area (Å²) in [5.74, 6) is 0.743. The van der Waals surface area contributed by atoms with E-state index in [0.717, 1.165) is 46.3 Å². The second-order valence-electron chi connectivity index (χ2n) is 8.21. The van der Waals surface area contributed by atoms with E-state index in [1.54, 1.807) is 7.11 Å². The summed E-state index contributed by atoms with van der Waals surface area (Å²) in [7, 11) is 1.65. The topological polar surface area (TPSA) is 57.4 Å². The van der Waals surface area contributed by atoms with Crippen LogP contribution >= 0.6 is 12.2 Å². The first-order valence-corrected chi connectivity index (χ1v) is 11.3. The van der Waals surface area contributed by atoms with Gasteiger partial charge in [0, 0.05) is 11.6 Å². The molecule has 1 saturated carbocycles. The SMILES string of the molecule is COc1ccccc1NC(=S)N(Cc1cc2cccc(C)c2[nH]c1=O)C1CCCCC1. The van der Waals surface area contributed by atoms with Crippen molar-refractivity contribution in [3.63, 3.8) is 0 Å². The summed E-state index contributed by atoms with van der Waals surface area (Å²) in [6.07, 6.45) is 5.79. The summed E-state index contributed by atoms with van der Waals surface area (Å²) in [6, 6.07) is 16.1. The van der Waals surface area contributed by atoms with E-state index >= 15 is 0 Å². The average Bonchev–Trinajstić information content (AvgIpc) is 2.79. The third-order valence-electron chi connectivity index (χ3n) is 6.13. The quantitative estimate of drug-likeness (QED) is 0.527. The Balaban J connectivity index is 1.65. The zero-order valence-electron chi connectivity index (χ0n) is 18.1. The average molecular weight is 436 g/mol. The van der Waals surface area contributed by atoms with Crippen molar-refractivity contribution in [1.82, 2.24) is 9.88 Å². The Bertz CT molecular complexity index is 1140. The fraction of sp³-hybridized carbons (Fsp3) is 0.360. The second-order valence-corrected chi connectivity index (χ2v) is 8.60. The van der Waals surface area contributed by atoms with Crippen LogP contribution in [0.5, 0.6) is 5.75 Å². The van der Waals surface area contributed by atoms with Crippen molar-refractivity contribution in [3.8, 4) is 5.75 Å².